The lowest BCUT2D eigenvalue weighted by Crippen LogP contribution is -2.32. The van der Waals surface area contributed by atoms with Crippen LogP contribution in [0.15, 0.2) is 0 Å². The summed E-state index contributed by atoms with van der Waals surface area (Å²) < 4.78 is 0. The Morgan fingerprint density at radius 3 is 2.45 bits per heavy atom. The van der Waals surface area contributed by atoms with Crippen LogP contribution in [0.2, 0.25) is 0 Å². The van der Waals surface area contributed by atoms with Gasteiger partial charge in [-0.3, -0.25) is 9.69 Å². The van der Waals surface area contributed by atoms with Gasteiger partial charge in [-0.25, -0.2) is 4.79 Å². The van der Waals surface area contributed by atoms with Crippen LogP contribution in [-0.2, 0) is 4.79 Å². The van der Waals surface area contributed by atoms with Crippen molar-refractivity contribution in [2.24, 2.45) is 0 Å². The zero-order valence-electron chi connectivity index (χ0n) is 6.83. The normalized spacial score (nSPS) is 18.4. The first-order chi connectivity index (χ1) is 5.16. The van der Waals surface area contributed by atoms with Gasteiger partial charge in [0.05, 0.1) is 0 Å². The molecule has 0 aliphatic carbocycles. The van der Waals surface area contributed by atoms with Crippen molar-refractivity contribution in [3.63, 3.8) is 0 Å². The van der Waals surface area contributed by atoms with Crippen LogP contribution in [0.3, 0.4) is 0 Å². The molecule has 0 unspecified atom stereocenters. The van der Waals surface area contributed by atoms with Crippen molar-refractivity contribution in [3.8, 4) is 0 Å². The van der Waals surface area contributed by atoms with Crippen LogP contribution in [0.25, 0.3) is 0 Å². The summed E-state index contributed by atoms with van der Waals surface area (Å²) in [5, 5.41) is 0. The molecule has 4 heteroatoms. The summed E-state index contributed by atoms with van der Waals surface area (Å²) in [5.41, 5.74) is 0. The molecule has 1 aliphatic rings. The predicted octanol–water partition coefficient (Wildman–Crippen LogP) is 0.290. The molecule has 0 radical (unpaired) electrons. The standard InChI is InChI=1S/C7H12N2O2/c1-3-4-9-6(10)5-8(2)7(9)11/h3-5H2,1-2H3. The highest BCUT2D eigenvalue weighted by molar-refractivity contribution is 6.01. The molecule has 1 fully saturated rings. The summed E-state index contributed by atoms with van der Waals surface area (Å²) in [7, 11) is 1.63. The smallest absolute Gasteiger partial charge is 0.318 e. The molecule has 0 N–H and O–H groups in total. The number of urea groups is 1. The second-order valence-corrected chi connectivity index (χ2v) is 2.68. The first-order valence-corrected chi connectivity index (χ1v) is 3.72. The van der Waals surface area contributed by atoms with E-state index in [4.69, 9.17) is 0 Å². The molecule has 0 aromatic carbocycles. The maximum atomic E-state index is 11.1. The number of carbonyl (C=O) groups is 2. The largest absolute Gasteiger partial charge is 0.326 e. The molecular weight excluding hydrogens is 144 g/mol. The van der Waals surface area contributed by atoms with E-state index in [9.17, 15) is 9.59 Å². The van der Waals surface area contributed by atoms with Gasteiger partial charge >= 0.3 is 6.03 Å². The third kappa shape index (κ3) is 1.34. The van der Waals surface area contributed by atoms with Crippen molar-refractivity contribution >= 4 is 11.9 Å². The highest BCUT2D eigenvalue weighted by Gasteiger charge is 2.32. The highest BCUT2D eigenvalue weighted by Crippen LogP contribution is 2.07. The lowest BCUT2D eigenvalue weighted by atomic mass is 10.4. The third-order valence-electron chi connectivity index (χ3n) is 1.68. The summed E-state index contributed by atoms with van der Waals surface area (Å²) in [6, 6.07) is -0.170. The maximum absolute atomic E-state index is 11.1. The molecule has 0 bridgehead atoms. The van der Waals surface area contributed by atoms with E-state index in [1.807, 2.05) is 6.92 Å². The lowest BCUT2D eigenvalue weighted by Gasteiger charge is -2.11. The number of imide groups is 1. The van der Waals surface area contributed by atoms with E-state index in [1.165, 1.54) is 9.80 Å². The fourth-order valence-corrected chi connectivity index (χ4v) is 1.11. The maximum Gasteiger partial charge on any atom is 0.326 e. The fraction of sp³-hybridized carbons (Fsp3) is 0.714. The topological polar surface area (TPSA) is 40.6 Å². The molecule has 0 aromatic rings. The van der Waals surface area contributed by atoms with Crippen LogP contribution in [0, 0.1) is 0 Å². The van der Waals surface area contributed by atoms with Gasteiger partial charge in [0, 0.05) is 13.6 Å². The second kappa shape index (κ2) is 2.90. The molecule has 11 heavy (non-hydrogen) atoms. The molecule has 0 atom stereocenters. The van der Waals surface area contributed by atoms with E-state index in [0.717, 1.165) is 6.42 Å². The van der Waals surface area contributed by atoms with Crippen molar-refractivity contribution in [2.75, 3.05) is 20.1 Å². The Bertz CT molecular complexity index is 191. The monoisotopic (exact) mass is 156 g/mol. The molecule has 0 aromatic heterocycles. The SMILES string of the molecule is CCCN1C(=O)CN(C)C1=O. The number of hydrogen-bond donors (Lipinski definition) is 0. The minimum atomic E-state index is -0.170. The van der Waals surface area contributed by atoms with Gasteiger partial charge in [-0.1, -0.05) is 6.92 Å². The van der Waals surface area contributed by atoms with E-state index in [0.29, 0.717) is 6.54 Å². The van der Waals surface area contributed by atoms with Crippen molar-refractivity contribution in [1.82, 2.24) is 9.80 Å². The molecular formula is C7H12N2O2. The van der Waals surface area contributed by atoms with Crippen LogP contribution < -0.4 is 0 Å². The van der Waals surface area contributed by atoms with Crippen LogP contribution in [-0.4, -0.2) is 41.9 Å². The van der Waals surface area contributed by atoms with E-state index in [1.54, 1.807) is 7.05 Å². The van der Waals surface area contributed by atoms with Crippen molar-refractivity contribution < 1.29 is 9.59 Å². The predicted molar refractivity (Wildman–Crippen MR) is 40.0 cm³/mol. The van der Waals surface area contributed by atoms with Gasteiger partial charge in [0.2, 0.25) is 5.91 Å². The Hall–Kier alpha value is -1.06. The molecule has 62 valence electrons. The Balaban J connectivity index is 2.64. The van der Waals surface area contributed by atoms with Gasteiger partial charge in [-0.15, -0.1) is 0 Å². The number of hydrogen-bond acceptors (Lipinski definition) is 2. The summed E-state index contributed by atoms with van der Waals surface area (Å²) in [6.07, 6.45) is 0.825. The Morgan fingerprint density at radius 2 is 2.09 bits per heavy atom. The second-order valence-electron chi connectivity index (χ2n) is 2.68. The first kappa shape index (κ1) is 8.04. The van der Waals surface area contributed by atoms with E-state index in [2.05, 4.69) is 0 Å². The summed E-state index contributed by atoms with van der Waals surface area (Å²) in [4.78, 5) is 24.9. The number of nitrogens with zero attached hydrogens (tertiary/aromatic N) is 2. The van der Waals surface area contributed by atoms with Crippen LogP contribution in [0.1, 0.15) is 13.3 Å². The Kier molecular flexibility index (Phi) is 2.12. The number of amides is 3. The summed E-state index contributed by atoms with van der Waals surface area (Å²) in [6.45, 7) is 2.72. The number of likely N-dealkylation sites (N-methyl/N-ethyl adjacent to an activating group) is 1. The molecule has 1 aliphatic heterocycles. The average Bonchev–Trinajstić information content (AvgIpc) is 2.17. The zero-order valence-corrected chi connectivity index (χ0v) is 6.83. The van der Waals surface area contributed by atoms with Gasteiger partial charge in [-0.2, -0.15) is 0 Å². The number of carbonyl (C=O) groups excluding carboxylic acids is 2. The van der Waals surface area contributed by atoms with Crippen molar-refractivity contribution in [3.05, 3.63) is 0 Å². The Labute approximate surface area is 65.8 Å². The quantitative estimate of drug-likeness (QED) is 0.539. The average molecular weight is 156 g/mol. The minimum Gasteiger partial charge on any atom is -0.318 e. The van der Waals surface area contributed by atoms with Crippen molar-refractivity contribution in [2.45, 2.75) is 13.3 Å². The fourth-order valence-electron chi connectivity index (χ4n) is 1.11. The molecule has 4 nitrogen and oxygen atoms in total. The molecule has 1 saturated heterocycles. The van der Waals surface area contributed by atoms with Gasteiger partial charge in [0.15, 0.2) is 0 Å². The highest BCUT2D eigenvalue weighted by atomic mass is 16.2. The van der Waals surface area contributed by atoms with E-state index >= 15 is 0 Å². The molecule has 3 amide bonds. The van der Waals surface area contributed by atoms with Gasteiger partial charge in [-0.05, 0) is 6.42 Å². The van der Waals surface area contributed by atoms with Gasteiger partial charge < -0.3 is 4.90 Å². The molecule has 0 saturated carbocycles. The molecule has 0 spiro atoms. The van der Waals surface area contributed by atoms with Crippen molar-refractivity contribution in [1.29, 1.82) is 0 Å². The van der Waals surface area contributed by atoms with Crippen LogP contribution >= 0.6 is 0 Å². The van der Waals surface area contributed by atoms with E-state index < -0.39 is 0 Å². The lowest BCUT2D eigenvalue weighted by molar-refractivity contribution is -0.125. The molecule has 1 heterocycles. The Morgan fingerprint density at radius 1 is 1.45 bits per heavy atom. The number of rotatable bonds is 2. The summed E-state index contributed by atoms with van der Waals surface area (Å²) in [5.74, 6) is -0.0839. The van der Waals surface area contributed by atoms with Gasteiger partial charge in [0.25, 0.3) is 0 Å². The molecule has 1 rings (SSSR count). The third-order valence-corrected chi connectivity index (χ3v) is 1.68. The first-order valence-electron chi connectivity index (χ1n) is 3.72. The summed E-state index contributed by atoms with van der Waals surface area (Å²) >= 11 is 0. The van der Waals surface area contributed by atoms with Crippen LogP contribution in [0.4, 0.5) is 4.79 Å². The zero-order chi connectivity index (χ0) is 8.43. The van der Waals surface area contributed by atoms with Gasteiger partial charge in [0.1, 0.15) is 6.54 Å². The van der Waals surface area contributed by atoms with Crippen LogP contribution in [0.5, 0.6) is 0 Å². The van der Waals surface area contributed by atoms with E-state index in [-0.39, 0.29) is 18.5 Å². The minimum absolute atomic E-state index is 0.0839.